The average molecular weight is 222 g/mol. The van der Waals surface area contributed by atoms with E-state index < -0.39 is 0 Å². The Bertz CT molecular complexity index is 357. The minimum atomic E-state index is -0.252. The van der Waals surface area contributed by atoms with E-state index in [9.17, 15) is 4.39 Å². The van der Waals surface area contributed by atoms with Gasteiger partial charge in [-0.05, 0) is 38.3 Å². The van der Waals surface area contributed by atoms with Crippen molar-refractivity contribution < 1.29 is 4.39 Å². The number of piperidine rings is 1. The maximum Gasteiger partial charge on any atom is 0.130 e. The van der Waals surface area contributed by atoms with Crippen molar-refractivity contribution in [2.45, 2.75) is 32.2 Å². The zero-order valence-electron chi connectivity index (χ0n) is 9.75. The van der Waals surface area contributed by atoms with Gasteiger partial charge in [-0.1, -0.05) is 6.07 Å². The van der Waals surface area contributed by atoms with Crippen molar-refractivity contribution >= 4 is 5.69 Å². The molecule has 0 amide bonds. The van der Waals surface area contributed by atoms with Crippen molar-refractivity contribution in [2.24, 2.45) is 5.73 Å². The number of hydrogen-bond acceptors (Lipinski definition) is 2. The van der Waals surface area contributed by atoms with Crippen LogP contribution < -0.4 is 10.6 Å². The van der Waals surface area contributed by atoms with Gasteiger partial charge in [0.25, 0.3) is 0 Å². The minimum Gasteiger partial charge on any atom is -0.371 e. The third kappa shape index (κ3) is 2.19. The molecule has 2 nitrogen and oxygen atoms in total. The topological polar surface area (TPSA) is 29.3 Å². The van der Waals surface area contributed by atoms with Gasteiger partial charge in [0.15, 0.2) is 0 Å². The first-order valence-corrected chi connectivity index (χ1v) is 5.99. The molecule has 0 unspecified atom stereocenters. The highest BCUT2D eigenvalue weighted by molar-refractivity contribution is 5.55. The van der Waals surface area contributed by atoms with Crippen LogP contribution in [-0.2, 0) is 0 Å². The molecule has 1 saturated heterocycles. The fraction of sp³-hybridized carbons (Fsp3) is 0.538. The van der Waals surface area contributed by atoms with Gasteiger partial charge in [-0.25, -0.2) is 4.39 Å². The summed E-state index contributed by atoms with van der Waals surface area (Å²) in [6.45, 7) is 3.87. The molecule has 1 atom stereocenters. The molecule has 1 aliphatic rings. The summed E-state index contributed by atoms with van der Waals surface area (Å²) in [5.74, 6) is -0.182. The lowest BCUT2D eigenvalue weighted by molar-refractivity contribution is 0.561. The lowest BCUT2D eigenvalue weighted by atomic mass is 10.0. The number of hydrogen-bond donors (Lipinski definition) is 1. The van der Waals surface area contributed by atoms with E-state index in [1.165, 1.54) is 25.3 Å². The van der Waals surface area contributed by atoms with Crippen molar-refractivity contribution in [1.82, 2.24) is 0 Å². The second-order valence-electron chi connectivity index (χ2n) is 4.51. The van der Waals surface area contributed by atoms with Crippen LogP contribution in [0, 0.1) is 5.82 Å². The first-order valence-electron chi connectivity index (χ1n) is 5.99. The van der Waals surface area contributed by atoms with E-state index in [4.69, 9.17) is 5.73 Å². The molecule has 16 heavy (non-hydrogen) atoms. The van der Waals surface area contributed by atoms with Gasteiger partial charge < -0.3 is 10.6 Å². The fourth-order valence-electron chi connectivity index (χ4n) is 2.39. The van der Waals surface area contributed by atoms with Gasteiger partial charge in [0.1, 0.15) is 5.82 Å². The van der Waals surface area contributed by atoms with E-state index in [0.29, 0.717) is 5.56 Å². The van der Waals surface area contributed by atoms with Crippen molar-refractivity contribution in [3.63, 3.8) is 0 Å². The highest BCUT2D eigenvalue weighted by atomic mass is 19.1. The zero-order chi connectivity index (χ0) is 11.5. The highest BCUT2D eigenvalue weighted by Crippen LogP contribution is 2.29. The van der Waals surface area contributed by atoms with Gasteiger partial charge in [0.2, 0.25) is 0 Å². The quantitative estimate of drug-likeness (QED) is 0.833. The Morgan fingerprint density at radius 3 is 2.56 bits per heavy atom. The van der Waals surface area contributed by atoms with E-state index in [1.54, 1.807) is 6.07 Å². The lowest BCUT2D eigenvalue weighted by Crippen LogP contribution is -2.31. The maximum atomic E-state index is 13.7. The predicted molar refractivity (Wildman–Crippen MR) is 65.1 cm³/mol. The number of benzene rings is 1. The molecule has 1 aliphatic heterocycles. The molecule has 0 spiro atoms. The predicted octanol–water partition coefficient (Wildman–Crippen LogP) is 2.84. The standard InChI is InChI=1S/C13H19FN2/c1-10(15)13-11(14)6-5-7-12(13)16-8-3-2-4-9-16/h5-7,10H,2-4,8-9,15H2,1H3/t10-/m0/s1. The Hall–Kier alpha value is -1.09. The molecule has 0 bridgehead atoms. The lowest BCUT2D eigenvalue weighted by Gasteiger charge is -2.31. The van der Waals surface area contributed by atoms with Gasteiger partial charge in [-0.3, -0.25) is 0 Å². The fourth-order valence-corrected chi connectivity index (χ4v) is 2.39. The number of rotatable bonds is 2. The van der Waals surface area contributed by atoms with Crippen molar-refractivity contribution in [1.29, 1.82) is 0 Å². The Morgan fingerprint density at radius 2 is 1.94 bits per heavy atom. The van der Waals surface area contributed by atoms with Gasteiger partial charge in [-0.15, -0.1) is 0 Å². The number of nitrogens with zero attached hydrogens (tertiary/aromatic N) is 1. The van der Waals surface area contributed by atoms with Gasteiger partial charge >= 0.3 is 0 Å². The molecule has 2 N–H and O–H groups in total. The van der Waals surface area contributed by atoms with E-state index in [2.05, 4.69) is 4.90 Å². The van der Waals surface area contributed by atoms with Crippen molar-refractivity contribution in [2.75, 3.05) is 18.0 Å². The number of anilines is 1. The van der Waals surface area contributed by atoms with E-state index >= 15 is 0 Å². The summed E-state index contributed by atoms with van der Waals surface area (Å²) in [7, 11) is 0. The van der Waals surface area contributed by atoms with E-state index in [1.807, 2.05) is 13.0 Å². The Kier molecular flexibility index (Phi) is 3.44. The second-order valence-corrected chi connectivity index (χ2v) is 4.51. The molecule has 1 fully saturated rings. The Labute approximate surface area is 96.2 Å². The van der Waals surface area contributed by atoms with Crippen LogP contribution >= 0.6 is 0 Å². The van der Waals surface area contributed by atoms with Gasteiger partial charge in [-0.2, -0.15) is 0 Å². The Morgan fingerprint density at radius 1 is 1.25 bits per heavy atom. The maximum absolute atomic E-state index is 13.7. The van der Waals surface area contributed by atoms with Crippen LogP contribution in [0.1, 0.15) is 37.8 Å². The van der Waals surface area contributed by atoms with Crippen LogP contribution in [0.25, 0.3) is 0 Å². The molecule has 0 aromatic heterocycles. The normalized spacial score (nSPS) is 18.6. The molecule has 2 rings (SSSR count). The monoisotopic (exact) mass is 222 g/mol. The summed E-state index contributed by atoms with van der Waals surface area (Å²) in [6, 6.07) is 4.99. The number of nitrogens with two attached hydrogens (primary N) is 1. The molecular formula is C13H19FN2. The second kappa shape index (κ2) is 4.83. The van der Waals surface area contributed by atoms with Crippen LogP contribution in [0.5, 0.6) is 0 Å². The van der Waals surface area contributed by atoms with Crippen molar-refractivity contribution in [3.05, 3.63) is 29.6 Å². The smallest absolute Gasteiger partial charge is 0.130 e. The Balaban J connectivity index is 2.34. The van der Waals surface area contributed by atoms with Crippen LogP contribution in [-0.4, -0.2) is 13.1 Å². The van der Waals surface area contributed by atoms with Gasteiger partial charge in [0, 0.05) is 30.4 Å². The summed E-state index contributed by atoms with van der Waals surface area (Å²) in [4.78, 5) is 2.26. The summed E-state index contributed by atoms with van der Waals surface area (Å²) in [6.07, 6.45) is 3.66. The van der Waals surface area contributed by atoms with E-state index in [0.717, 1.165) is 18.8 Å². The van der Waals surface area contributed by atoms with Crippen LogP contribution in [0.4, 0.5) is 10.1 Å². The highest BCUT2D eigenvalue weighted by Gasteiger charge is 2.18. The summed E-state index contributed by atoms with van der Waals surface area (Å²) in [5, 5.41) is 0. The SMILES string of the molecule is C[C@H](N)c1c(F)cccc1N1CCCCC1. The first-order chi connectivity index (χ1) is 7.70. The van der Waals surface area contributed by atoms with Crippen molar-refractivity contribution in [3.8, 4) is 0 Å². The molecule has 0 saturated carbocycles. The summed E-state index contributed by atoms with van der Waals surface area (Å²) >= 11 is 0. The molecule has 1 heterocycles. The summed E-state index contributed by atoms with van der Waals surface area (Å²) in [5.41, 5.74) is 7.49. The van der Waals surface area contributed by atoms with Crippen LogP contribution in [0.3, 0.4) is 0 Å². The number of halogens is 1. The first kappa shape index (κ1) is 11.4. The molecular weight excluding hydrogens is 203 g/mol. The van der Waals surface area contributed by atoms with Crippen LogP contribution in [0.15, 0.2) is 18.2 Å². The minimum absolute atomic E-state index is 0.182. The largest absolute Gasteiger partial charge is 0.371 e. The third-order valence-corrected chi connectivity index (χ3v) is 3.18. The summed E-state index contributed by atoms with van der Waals surface area (Å²) < 4.78 is 13.7. The average Bonchev–Trinajstić information content (AvgIpc) is 2.29. The van der Waals surface area contributed by atoms with E-state index in [-0.39, 0.29) is 11.9 Å². The zero-order valence-corrected chi connectivity index (χ0v) is 9.75. The molecule has 0 aliphatic carbocycles. The van der Waals surface area contributed by atoms with Crippen LogP contribution in [0.2, 0.25) is 0 Å². The molecule has 3 heteroatoms. The third-order valence-electron chi connectivity index (χ3n) is 3.18. The molecule has 1 aromatic carbocycles. The molecule has 1 aromatic rings. The van der Waals surface area contributed by atoms with Gasteiger partial charge in [0.05, 0.1) is 0 Å². The molecule has 0 radical (unpaired) electrons. The molecule has 88 valence electrons.